The van der Waals surface area contributed by atoms with Crippen molar-refractivity contribution >= 4 is 18.0 Å². The summed E-state index contributed by atoms with van der Waals surface area (Å²) >= 11 is 0. The Balaban J connectivity index is 2.00. The van der Waals surface area contributed by atoms with Crippen molar-refractivity contribution in [3.05, 3.63) is 71.3 Å². The van der Waals surface area contributed by atoms with E-state index in [0.29, 0.717) is 18.7 Å². The lowest BCUT2D eigenvalue weighted by Gasteiger charge is -2.18. The number of likely N-dealkylation sites (N-methyl/N-ethyl adjacent to an activating group) is 1. The van der Waals surface area contributed by atoms with E-state index in [2.05, 4.69) is 16.0 Å². The number of hydrogen-bond acceptors (Lipinski definition) is 5. The highest BCUT2D eigenvalue weighted by molar-refractivity contribution is 5.88. The fourth-order valence-electron chi connectivity index (χ4n) is 2.57. The van der Waals surface area contributed by atoms with Crippen LogP contribution in [0.1, 0.15) is 21.5 Å². The van der Waals surface area contributed by atoms with E-state index in [9.17, 15) is 14.4 Å². The first-order valence-electron chi connectivity index (χ1n) is 9.21. The molecule has 29 heavy (non-hydrogen) atoms. The Bertz CT molecular complexity index is 809. The Morgan fingerprint density at radius 3 is 2.28 bits per heavy atom. The van der Waals surface area contributed by atoms with Gasteiger partial charge in [-0.05, 0) is 30.3 Å². The second-order valence-electron chi connectivity index (χ2n) is 6.36. The standard InChI is InChI=1S/C21H25N3O5/c1-22-11-12-23-19(25)18(13-15-7-9-17(10-8-15)20(26)27)24-21(28)29-14-16-5-3-2-4-6-16/h2-10,18,22H,11-14H2,1H3,(H,23,25)(H,24,28)(H,26,27). The van der Waals surface area contributed by atoms with Crippen LogP contribution in [0.2, 0.25) is 0 Å². The Labute approximate surface area is 169 Å². The second-order valence-corrected chi connectivity index (χ2v) is 6.36. The molecule has 2 rings (SSSR count). The minimum atomic E-state index is -1.03. The molecule has 154 valence electrons. The first kappa shape index (κ1) is 21.9. The number of carbonyl (C=O) groups excluding carboxylic acids is 2. The van der Waals surface area contributed by atoms with E-state index in [4.69, 9.17) is 9.84 Å². The van der Waals surface area contributed by atoms with E-state index in [1.54, 1.807) is 19.2 Å². The van der Waals surface area contributed by atoms with E-state index in [1.165, 1.54) is 12.1 Å². The number of carboxylic acids is 1. The molecule has 0 aliphatic carbocycles. The SMILES string of the molecule is CNCCNC(=O)C(Cc1ccc(C(=O)O)cc1)NC(=O)OCc1ccccc1. The van der Waals surface area contributed by atoms with Crippen molar-refractivity contribution < 1.29 is 24.2 Å². The van der Waals surface area contributed by atoms with Crippen LogP contribution >= 0.6 is 0 Å². The third-order valence-electron chi connectivity index (χ3n) is 4.14. The molecule has 0 saturated heterocycles. The highest BCUT2D eigenvalue weighted by Gasteiger charge is 2.22. The number of nitrogens with one attached hydrogen (secondary N) is 3. The Morgan fingerprint density at radius 2 is 1.66 bits per heavy atom. The van der Waals surface area contributed by atoms with E-state index < -0.39 is 18.1 Å². The maximum atomic E-state index is 12.5. The van der Waals surface area contributed by atoms with Crippen LogP contribution in [0.4, 0.5) is 4.79 Å². The minimum Gasteiger partial charge on any atom is -0.478 e. The normalized spacial score (nSPS) is 11.3. The average molecular weight is 399 g/mol. The Kier molecular flexibility index (Phi) is 8.65. The van der Waals surface area contributed by atoms with E-state index in [1.807, 2.05) is 30.3 Å². The van der Waals surface area contributed by atoms with Gasteiger partial charge in [-0.15, -0.1) is 0 Å². The topological polar surface area (TPSA) is 117 Å². The molecule has 0 spiro atoms. The zero-order valence-electron chi connectivity index (χ0n) is 16.2. The molecule has 8 heteroatoms. The molecule has 0 radical (unpaired) electrons. The fraction of sp³-hybridized carbons (Fsp3) is 0.286. The molecule has 0 heterocycles. The lowest BCUT2D eigenvalue weighted by atomic mass is 10.0. The van der Waals surface area contributed by atoms with Gasteiger partial charge in [0.2, 0.25) is 5.91 Å². The summed E-state index contributed by atoms with van der Waals surface area (Å²) < 4.78 is 5.20. The van der Waals surface area contributed by atoms with Gasteiger partial charge in [0.05, 0.1) is 5.56 Å². The number of rotatable bonds is 10. The number of aromatic carboxylic acids is 1. The molecule has 2 aromatic rings. The second kappa shape index (κ2) is 11.5. The van der Waals surface area contributed by atoms with Gasteiger partial charge in [-0.2, -0.15) is 0 Å². The number of carbonyl (C=O) groups is 3. The number of amides is 2. The first-order chi connectivity index (χ1) is 14.0. The molecule has 0 bridgehead atoms. The van der Waals surface area contributed by atoms with Gasteiger partial charge >= 0.3 is 12.1 Å². The maximum absolute atomic E-state index is 12.5. The van der Waals surface area contributed by atoms with Crippen LogP contribution < -0.4 is 16.0 Å². The lowest BCUT2D eigenvalue weighted by molar-refractivity contribution is -0.123. The fourth-order valence-corrected chi connectivity index (χ4v) is 2.57. The molecule has 2 amide bonds. The van der Waals surface area contributed by atoms with E-state index >= 15 is 0 Å². The van der Waals surface area contributed by atoms with Gasteiger partial charge in [0, 0.05) is 19.5 Å². The number of ether oxygens (including phenoxy) is 1. The van der Waals surface area contributed by atoms with Gasteiger partial charge in [-0.3, -0.25) is 4.79 Å². The molecule has 0 saturated carbocycles. The number of hydrogen-bond donors (Lipinski definition) is 4. The summed E-state index contributed by atoms with van der Waals surface area (Å²) in [4.78, 5) is 35.7. The first-order valence-corrected chi connectivity index (χ1v) is 9.21. The molecule has 8 nitrogen and oxygen atoms in total. The predicted molar refractivity (Wildman–Crippen MR) is 108 cm³/mol. The van der Waals surface area contributed by atoms with Gasteiger partial charge in [0.25, 0.3) is 0 Å². The summed E-state index contributed by atoms with van der Waals surface area (Å²) in [7, 11) is 1.77. The summed E-state index contributed by atoms with van der Waals surface area (Å²) in [6.07, 6.45) is -0.504. The molecule has 0 fully saturated rings. The van der Waals surface area contributed by atoms with Crippen LogP contribution in [-0.4, -0.2) is 49.3 Å². The number of carboxylic acid groups (broad SMARTS) is 1. The van der Waals surface area contributed by atoms with E-state index in [0.717, 1.165) is 5.56 Å². The van der Waals surface area contributed by atoms with Crippen molar-refractivity contribution in [2.45, 2.75) is 19.1 Å². The lowest BCUT2D eigenvalue weighted by Crippen LogP contribution is -2.49. The minimum absolute atomic E-state index is 0.0913. The molecule has 0 aliphatic rings. The molecular formula is C21H25N3O5. The predicted octanol–water partition coefficient (Wildman–Crippen LogP) is 1.56. The summed E-state index contributed by atoms with van der Waals surface area (Å²) in [5.41, 5.74) is 1.70. The summed E-state index contributed by atoms with van der Waals surface area (Å²) in [6, 6.07) is 14.5. The third-order valence-corrected chi connectivity index (χ3v) is 4.14. The van der Waals surface area contributed by atoms with Gasteiger partial charge in [0.1, 0.15) is 12.6 Å². The van der Waals surface area contributed by atoms with Crippen molar-refractivity contribution in [2.24, 2.45) is 0 Å². The Morgan fingerprint density at radius 1 is 0.966 bits per heavy atom. The molecular weight excluding hydrogens is 374 g/mol. The smallest absolute Gasteiger partial charge is 0.408 e. The average Bonchev–Trinajstić information content (AvgIpc) is 2.73. The van der Waals surface area contributed by atoms with Crippen LogP contribution in [0.25, 0.3) is 0 Å². The molecule has 4 N–H and O–H groups in total. The van der Waals surface area contributed by atoms with Gasteiger partial charge < -0.3 is 25.8 Å². The molecule has 1 unspecified atom stereocenters. The van der Waals surface area contributed by atoms with Crippen LogP contribution in [-0.2, 0) is 22.6 Å². The quantitative estimate of drug-likeness (QED) is 0.451. The van der Waals surface area contributed by atoms with Gasteiger partial charge in [0.15, 0.2) is 0 Å². The monoisotopic (exact) mass is 399 g/mol. The summed E-state index contributed by atoms with van der Waals surface area (Å²) in [5.74, 6) is -1.38. The molecule has 1 atom stereocenters. The summed E-state index contributed by atoms with van der Waals surface area (Å²) in [6.45, 7) is 1.09. The van der Waals surface area contributed by atoms with Crippen LogP contribution in [0, 0.1) is 0 Å². The largest absolute Gasteiger partial charge is 0.478 e. The van der Waals surface area contributed by atoms with Crippen molar-refractivity contribution in [3.8, 4) is 0 Å². The number of benzene rings is 2. The van der Waals surface area contributed by atoms with Crippen molar-refractivity contribution in [3.63, 3.8) is 0 Å². The highest BCUT2D eigenvalue weighted by atomic mass is 16.5. The Hall–Kier alpha value is -3.39. The number of alkyl carbamates (subject to hydrolysis) is 1. The van der Waals surface area contributed by atoms with E-state index in [-0.39, 0.29) is 24.5 Å². The highest BCUT2D eigenvalue weighted by Crippen LogP contribution is 2.08. The van der Waals surface area contributed by atoms with Gasteiger partial charge in [-0.25, -0.2) is 9.59 Å². The molecule has 0 aromatic heterocycles. The zero-order chi connectivity index (χ0) is 21.1. The molecule has 2 aromatic carbocycles. The van der Waals surface area contributed by atoms with Crippen LogP contribution in [0.5, 0.6) is 0 Å². The molecule has 0 aliphatic heterocycles. The van der Waals surface area contributed by atoms with Crippen LogP contribution in [0.3, 0.4) is 0 Å². The summed E-state index contributed by atoms with van der Waals surface area (Å²) in [5, 5.41) is 17.3. The third kappa shape index (κ3) is 7.63. The van der Waals surface area contributed by atoms with Crippen molar-refractivity contribution in [1.82, 2.24) is 16.0 Å². The maximum Gasteiger partial charge on any atom is 0.408 e. The van der Waals surface area contributed by atoms with Gasteiger partial charge in [-0.1, -0.05) is 42.5 Å². The van der Waals surface area contributed by atoms with Crippen molar-refractivity contribution in [2.75, 3.05) is 20.1 Å². The van der Waals surface area contributed by atoms with Crippen molar-refractivity contribution in [1.29, 1.82) is 0 Å². The van der Waals surface area contributed by atoms with Crippen LogP contribution in [0.15, 0.2) is 54.6 Å². The zero-order valence-corrected chi connectivity index (χ0v) is 16.2.